The van der Waals surface area contributed by atoms with Gasteiger partial charge in [0.15, 0.2) is 11.6 Å². The van der Waals surface area contributed by atoms with E-state index in [1.54, 1.807) is 6.07 Å². The molecule has 1 fully saturated rings. The van der Waals surface area contributed by atoms with Gasteiger partial charge in [0.25, 0.3) is 0 Å². The fraction of sp³-hybridized carbons (Fsp3) is 0.333. The van der Waals surface area contributed by atoms with Gasteiger partial charge in [0.2, 0.25) is 11.8 Å². The number of halogens is 1. The van der Waals surface area contributed by atoms with E-state index in [-0.39, 0.29) is 24.6 Å². The van der Waals surface area contributed by atoms with Gasteiger partial charge >= 0.3 is 0 Å². The van der Waals surface area contributed by atoms with Gasteiger partial charge in [-0.25, -0.2) is 4.39 Å². The Morgan fingerprint density at radius 3 is 2.72 bits per heavy atom. The smallest absolute Gasteiger partial charge is 0.246 e. The maximum atomic E-state index is 13.5. The minimum Gasteiger partial charge on any atom is -0.494 e. The first-order valence-electron chi connectivity index (χ1n) is 5.45. The van der Waals surface area contributed by atoms with Crippen molar-refractivity contribution in [1.82, 2.24) is 4.90 Å². The molecule has 1 aromatic carbocycles. The minimum atomic E-state index is -0.777. The summed E-state index contributed by atoms with van der Waals surface area (Å²) in [4.78, 5) is 24.2. The molecule has 1 saturated heterocycles. The maximum Gasteiger partial charge on any atom is 0.246 e. The largest absolute Gasteiger partial charge is 0.494 e. The lowest BCUT2D eigenvalue weighted by molar-refractivity contribution is -0.139. The predicted octanol–water partition coefficient (Wildman–Crippen LogP) is 0.420. The van der Waals surface area contributed by atoms with Gasteiger partial charge in [0, 0.05) is 0 Å². The standard InChI is InChI=1S/C12H13FN2O3/c1-18-10-3-2-7(4-8(10)13)6-15-11(16)5-9(14)12(15)17/h2-4,9H,5-6,14H2,1H3. The second-order valence-corrected chi connectivity index (χ2v) is 4.10. The van der Waals surface area contributed by atoms with Crippen LogP contribution in [0.4, 0.5) is 4.39 Å². The second-order valence-electron chi connectivity index (χ2n) is 4.10. The predicted molar refractivity (Wildman–Crippen MR) is 61.1 cm³/mol. The van der Waals surface area contributed by atoms with Crippen LogP contribution in [0, 0.1) is 5.82 Å². The van der Waals surface area contributed by atoms with Crippen molar-refractivity contribution in [2.75, 3.05) is 7.11 Å². The molecule has 0 radical (unpaired) electrons. The van der Waals surface area contributed by atoms with Gasteiger partial charge < -0.3 is 10.5 Å². The summed E-state index contributed by atoms with van der Waals surface area (Å²) in [5.74, 6) is -1.16. The number of likely N-dealkylation sites (tertiary alicyclic amines) is 1. The van der Waals surface area contributed by atoms with Gasteiger partial charge in [0.05, 0.1) is 26.1 Å². The second kappa shape index (κ2) is 4.73. The highest BCUT2D eigenvalue weighted by Gasteiger charge is 2.35. The number of ether oxygens (including phenoxy) is 1. The fourth-order valence-corrected chi connectivity index (χ4v) is 1.87. The van der Waals surface area contributed by atoms with Crippen molar-refractivity contribution in [2.24, 2.45) is 5.73 Å². The molecular formula is C12H13FN2O3. The molecule has 0 spiro atoms. The molecule has 2 N–H and O–H groups in total. The molecule has 6 heteroatoms. The average Bonchev–Trinajstić information content (AvgIpc) is 2.56. The molecule has 0 bridgehead atoms. The van der Waals surface area contributed by atoms with Crippen molar-refractivity contribution >= 4 is 11.8 Å². The van der Waals surface area contributed by atoms with Crippen LogP contribution in [0.15, 0.2) is 18.2 Å². The molecule has 1 unspecified atom stereocenters. The van der Waals surface area contributed by atoms with Gasteiger partial charge in [-0.1, -0.05) is 6.07 Å². The average molecular weight is 252 g/mol. The van der Waals surface area contributed by atoms with Crippen LogP contribution in [0.1, 0.15) is 12.0 Å². The molecule has 1 aliphatic heterocycles. The lowest BCUT2D eigenvalue weighted by Crippen LogP contribution is -2.34. The van der Waals surface area contributed by atoms with Crippen molar-refractivity contribution in [3.8, 4) is 5.75 Å². The van der Waals surface area contributed by atoms with Gasteiger partial charge in [0.1, 0.15) is 0 Å². The van der Waals surface area contributed by atoms with Crippen LogP contribution in [0.25, 0.3) is 0 Å². The quantitative estimate of drug-likeness (QED) is 0.791. The molecule has 18 heavy (non-hydrogen) atoms. The third kappa shape index (κ3) is 2.19. The number of nitrogens with zero attached hydrogens (tertiary/aromatic N) is 1. The molecule has 0 aromatic heterocycles. The number of imide groups is 1. The highest BCUT2D eigenvalue weighted by molar-refractivity contribution is 6.05. The van der Waals surface area contributed by atoms with Crippen molar-refractivity contribution in [3.05, 3.63) is 29.6 Å². The number of amides is 2. The highest BCUT2D eigenvalue weighted by atomic mass is 19.1. The minimum absolute atomic E-state index is 0.0114. The van der Waals surface area contributed by atoms with Crippen LogP contribution >= 0.6 is 0 Å². The van der Waals surface area contributed by atoms with E-state index in [9.17, 15) is 14.0 Å². The highest BCUT2D eigenvalue weighted by Crippen LogP contribution is 2.20. The van der Waals surface area contributed by atoms with Crippen molar-refractivity contribution in [3.63, 3.8) is 0 Å². The number of carbonyl (C=O) groups is 2. The molecule has 1 aromatic rings. The first-order valence-corrected chi connectivity index (χ1v) is 5.45. The molecule has 2 rings (SSSR count). The number of hydrogen-bond donors (Lipinski definition) is 1. The lowest BCUT2D eigenvalue weighted by Gasteiger charge is -2.14. The van der Waals surface area contributed by atoms with E-state index >= 15 is 0 Å². The number of benzene rings is 1. The molecule has 5 nitrogen and oxygen atoms in total. The molecule has 0 aliphatic carbocycles. The van der Waals surface area contributed by atoms with Crippen LogP contribution in [-0.4, -0.2) is 29.9 Å². The molecule has 96 valence electrons. The van der Waals surface area contributed by atoms with Crippen LogP contribution in [0.5, 0.6) is 5.75 Å². The molecule has 1 heterocycles. The molecule has 0 saturated carbocycles. The molecule has 1 aliphatic rings. The third-order valence-electron chi connectivity index (χ3n) is 2.84. The number of carbonyl (C=O) groups excluding carboxylic acids is 2. The van der Waals surface area contributed by atoms with E-state index in [1.807, 2.05) is 0 Å². The Labute approximate surface area is 103 Å². The summed E-state index contributed by atoms with van der Waals surface area (Å²) >= 11 is 0. The normalized spacial score (nSPS) is 19.5. The van der Waals surface area contributed by atoms with Gasteiger partial charge in [-0.3, -0.25) is 14.5 Å². The van der Waals surface area contributed by atoms with Crippen LogP contribution in [0.2, 0.25) is 0 Å². The lowest BCUT2D eigenvalue weighted by atomic mass is 10.2. The summed E-state index contributed by atoms with van der Waals surface area (Å²) in [5.41, 5.74) is 6.00. The summed E-state index contributed by atoms with van der Waals surface area (Å²) in [6.45, 7) is 0.0340. The zero-order valence-corrected chi connectivity index (χ0v) is 9.85. The number of rotatable bonds is 3. The van der Waals surface area contributed by atoms with Crippen LogP contribution in [-0.2, 0) is 16.1 Å². The van der Waals surface area contributed by atoms with E-state index in [2.05, 4.69) is 0 Å². The Balaban J connectivity index is 2.17. The van der Waals surface area contributed by atoms with E-state index in [0.717, 1.165) is 4.90 Å². The van der Waals surface area contributed by atoms with Gasteiger partial charge in [-0.05, 0) is 17.7 Å². The third-order valence-corrected chi connectivity index (χ3v) is 2.84. The first kappa shape index (κ1) is 12.5. The summed E-state index contributed by atoms with van der Waals surface area (Å²) in [7, 11) is 1.37. The number of nitrogens with two attached hydrogens (primary N) is 1. The monoisotopic (exact) mass is 252 g/mol. The van der Waals surface area contributed by atoms with Crippen LogP contribution < -0.4 is 10.5 Å². The van der Waals surface area contributed by atoms with Gasteiger partial charge in [-0.15, -0.1) is 0 Å². The summed E-state index contributed by atoms with van der Waals surface area (Å²) in [5, 5.41) is 0. The SMILES string of the molecule is COc1ccc(CN2C(=O)CC(N)C2=O)cc1F. The Kier molecular flexibility index (Phi) is 3.29. The van der Waals surface area contributed by atoms with Crippen molar-refractivity contribution in [2.45, 2.75) is 19.0 Å². The Hall–Kier alpha value is -1.95. The summed E-state index contributed by atoms with van der Waals surface area (Å²) < 4.78 is 18.2. The van der Waals surface area contributed by atoms with Crippen LogP contribution in [0.3, 0.4) is 0 Å². The van der Waals surface area contributed by atoms with E-state index in [1.165, 1.54) is 19.2 Å². The maximum absolute atomic E-state index is 13.5. The molecule has 1 atom stereocenters. The first-order chi connectivity index (χ1) is 8.52. The number of methoxy groups -OCH3 is 1. The van der Waals surface area contributed by atoms with Gasteiger partial charge in [-0.2, -0.15) is 0 Å². The fourth-order valence-electron chi connectivity index (χ4n) is 1.87. The Morgan fingerprint density at radius 1 is 1.50 bits per heavy atom. The van der Waals surface area contributed by atoms with E-state index < -0.39 is 17.8 Å². The van der Waals surface area contributed by atoms with E-state index in [0.29, 0.717) is 5.56 Å². The molecule has 2 amide bonds. The zero-order chi connectivity index (χ0) is 13.3. The number of hydrogen-bond acceptors (Lipinski definition) is 4. The zero-order valence-electron chi connectivity index (χ0n) is 9.85. The van der Waals surface area contributed by atoms with Crippen molar-refractivity contribution in [1.29, 1.82) is 0 Å². The van der Waals surface area contributed by atoms with Crippen molar-refractivity contribution < 1.29 is 18.7 Å². The Morgan fingerprint density at radius 2 is 2.22 bits per heavy atom. The summed E-state index contributed by atoms with van der Waals surface area (Å²) in [6, 6.07) is 3.52. The summed E-state index contributed by atoms with van der Waals surface area (Å²) in [6.07, 6.45) is 0.0114. The van der Waals surface area contributed by atoms with E-state index in [4.69, 9.17) is 10.5 Å². The Bertz CT molecular complexity index is 504. The molecular weight excluding hydrogens is 239 g/mol. The topological polar surface area (TPSA) is 72.6 Å².